The van der Waals surface area contributed by atoms with Gasteiger partial charge in [-0.1, -0.05) is 19.9 Å². The zero-order chi connectivity index (χ0) is 16.8. The summed E-state index contributed by atoms with van der Waals surface area (Å²) in [4.78, 5) is 13.3. The largest absolute Gasteiger partial charge is 0.493 e. The Morgan fingerprint density at radius 3 is 2.83 bits per heavy atom. The van der Waals surface area contributed by atoms with E-state index in [0.29, 0.717) is 24.8 Å². The molecule has 0 bridgehead atoms. The van der Waals surface area contributed by atoms with E-state index in [9.17, 15) is 9.90 Å². The molecule has 0 saturated carbocycles. The highest BCUT2D eigenvalue weighted by Gasteiger charge is 2.30. The van der Waals surface area contributed by atoms with Crippen LogP contribution in [0.25, 0.3) is 0 Å². The maximum absolute atomic E-state index is 11.3. The summed E-state index contributed by atoms with van der Waals surface area (Å²) >= 11 is 0. The molecular weight excluding hydrogens is 294 g/mol. The van der Waals surface area contributed by atoms with E-state index in [-0.39, 0.29) is 6.04 Å². The third kappa shape index (κ3) is 4.86. The number of benzene rings is 1. The van der Waals surface area contributed by atoms with E-state index in [4.69, 9.17) is 9.47 Å². The van der Waals surface area contributed by atoms with E-state index in [1.165, 1.54) is 0 Å². The minimum atomic E-state index is -0.732. The van der Waals surface area contributed by atoms with Gasteiger partial charge in [-0.25, -0.2) is 0 Å². The molecule has 0 radical (unpaired) electrons. The van der Waals surface area contributed by atoms with Gasteiger partial charge in [-0.05, 0) is 49.4 Å². The Labute approximate surface area is 138 Å². The lowest BCUT2D eigenvalue weighted by molar-refractivity contribution is -0.142. The number of rotatable bonds is 8. The minimum absolute atomic E-state index is 0.373. The number of aliphatic carboxylic acids is 1. The molecule has 2 rings (SSSR count). The lowest BCUT2D eigenvalue weighted by atomic mass is 10.1. The van der Waals surface area contributed by atoms with Crippen LogP contribution in [-0.2, 0) is 11.3 Å². The molecule has 1 aliphatic heterocycles. The van der Waals surface area contributed by atoms with Crippen molar-refractivity contribution >= 4 is 5.97 Å². The van der Waals surface area contributed by atoms with Crippen LogP contribution in [0.5, 0.6) is 11.5 Å². The number of methoxy groups -OCH3 is 1. The molecule has 0 amide bonds. The predicted octanol–water partition coefficient (Wildman–Crippen LogP) is 3.17. The van der Waals surface area contributed by atoms with Gasteiger partial charge in [0.15, 0.2) is 11.5 Å². The van der Waals surface area contributed by atoms with E-state index < -0.39 is 5.97 Å². The molecule has 1 unspecified atom stereocenters. The molecule has 1 heterocycles. The molecule has 5 nitrogen and oxygen atoms in total. The maximum atomic E-state index is 11.3. The van der Waals surface area contributed by atoms with E-state index >= 15 is 0 Å². The van der Waals surface area contributed by atoms with Crippen LogP contribution in [0.1, 0.15) is 38.7 Å². The van der Waals surface area contributed by atoms with Crippen LogP contribution in [0.15, 0.2) is 18.2 Å². The van der Waals surface area contributed by atoms with Gasteiger partial charge < -0.3 is 14.6 Å². The highest BCUT2D eigenvalue weighted by molar-refractivity contribution is 5.73. The topological polar surface area (TPSA) is 59.0 Å². The van der Waals surface area contributed by atoms with E-state index in [1.54, 1.807) is 7.11 Å². The summed E-state index contributed by atoms with van der Waals surface area (Å²) in [7, 11) is 1.63. The van der Waals surface area contributed by atoms with Gasteiger partial charge in [0.2, 0.25) is 0 Å². The molecule has 23 heavy (non-hydrogen) atoms. The van der Waals surface area contributed by atoms with Crippen LogP contribution in [-0.4, -0.2) is 42.3 Å². The van der Waals surface area contributed by atoms with E-state index in [0.717, 1.165) is 37.1 Å². The molecule has 0 aliphatic carbocycles. The monoisotopic (exact) mass is 321 g/mol. The van der Waals surface area contributed by atoms with Gasteiger partial charge in [-0.2, -0.15) is 0 Å². The van der Waals surface area contributed by atoms with Gasteiger partial charge >= 0.3 is 5.97 Å². The Bertz CT molecular complexity index is 530. The van der Waals surface area contributed by atoms with Gasteiger partial charge in [0.1, 0.15) is 6.04 Å². The van der Waals surface area contributed by atoms with Crippen LogP contribution in [0, 0.1) is 5.92 Å². The van der Waals surface area contributed by atoms with Crippen molar-refractivity contribution in [3.8, 4) is 11.5 Å². The van der Waals surface area contributed by atoms with Gasteiger partial charge in [0, 0.05) is 6.54 Å². The first-order chi connectivity index (χ1) is 11.0. The molecule has 0 spiro atoms. The first-order valence-electron chi connectivity index (χ1n) is 8.28. The molecule has 128 valence electrons. The fourth-order valence-electron chi connectivity index (χ4n) is 2.87. The Morgan fingerprint density at radius 1 is 1.39 bits per heavy atom. The zero-order valence-corrected chi connectivity index (χ0v) is 14.2. The molecule has 1 aromatic rings. The van der Waals surface area contributed by atoms with Gasteiger partial charge in [0.05, 0.1) is 13.7 Å². The van der Waals surface area contributed by atoms with Crippen LogP contribution < -0.4 is 9.47 Å². The van der Waals surface area contributed by atoms with Gasteiger partial charge in [-0.3, -0.25) is 9.69 Å². The molecular formula is C18H27NO4. The van der Waals surface area contributed by atoms with Crippen molar-refractivity contribution in [3.05, 3.63) is 23.8 Å². The summed E-state index contributed by atoms with van der Waals surface area (Å²) in [5, 5.41) is 9.28. The summed E-state index contributed by atoms with van der Waals surface area (Å²) in [6, 6.07) is 5.47. The number of nitrogens with zero attached hydrogens (tertiary/aromatic N) is 1. The fourth-order valence-corrected chi connectivity index (χ4v) is 2.87. The SMILES string of the molecule is COc1ccc(CN2CCCC2C(=O)O)cc1OCCC(C)C. The number of carboxylic acid groups (broad SMARTS) is 1. The number of hydrogen-bond acceptors (Lipinski definition) is 4. The van der Waals surface area contributed by atoms with Crippen molar-refractivity contribution in [3.63, 3.8) is 0 Å². The molecule has 1 N–H and O–H groups in total. The van der Waals surface area contributed by atoms with Crippen LogP contribution >= 0.6 is 0 Å². The highest BCUT2D eigenvalue weighted by atomic mass is 16.5. The second-order valence-corrected chi connectivity index (χ2v) is 6.48. The summed E-state index contributed by atoms with van der Waals surface area (Å²) in [5.41, 5.74) is 1.05. The van der Waals surface area contributed by atoms with Crippen molar-refractivity contribution in [1.29, 1.82) is 0 Å². The number of ether oxygens (including phenoxy) is 2. The Balaban J connectivity index is 2.06. The average Bonchev–Trinajstić information content (AvgIpc) is 2.95. The summed E-state index contributed by atoms with van der Waals surface area (Å²) in [6.07, 6.45) is 2.65. The average molecular weight is 321 g/mol. The number of hydrogen-bond donors (Lipinski definition) is 1. The first kappa shape index (κ1) is 17.6. The quantitative estimate of drug-likeness (QED) is 0.797. The van der Waals surface area contributed by atoms with Gasteiger partial charge in [0.25, 0.3) is 0 Å². The van der Waals surface area contributed by atoms with E-state index in [1.807, 2.05) is 23.1 Å². The second kappa shape index (κ2) is 8.20. The lowest BCUT2D eigenvalue weighted by Gasteiger charge is -2.21. The van der Waals surface area contributed by atoms with Crippen LogP contribution in [0.2, 0.25) is 0 Å². The molecule has 1 fully saturated rings. The smallest absolute Gasteiger partial charge is 0.320 e. The van der Waals surface area contributed by atoms with Crippen molar-refractivity contribution < 1.29 is 19.4 Å². The lowest BCUT2D eigenvalue weighted by Crippen LogP contribution is -2.35. The van der Waals surface area contributed by atoms with Crippen molar-refractivity contribution in [1.82, 2.24) is 4.90 Å². The first-order valence-corrected chi connectivity index (χ1v) is 8.28. The van der Waals surface area contributed by atoms with E-state index in [2.05, 4.69) is 13.8 Å². The Kier molecular flexibility index (Phi) is 6.28. The minimum Gasteiger partial charge on any atom is -0.493 e. The Hall–Kier alpha value is -1.75. The number of likely N-dealkylation sites (tertiary alicyclic amines) is 1. The third-order valence-electron chi connectivity index (χ3n) is 4.22. The van der Waals surface area contributed by atoms with Crippen molar-refractivity contribution in [2.24, 2.45) is 5.92 Å². The van der Waals surface area contributed by atoms with Crippen LogP contribution in [0.3, 0.4) is 0 Å². The number of carboxylic acids is 1. The number of carbonyl (C=O) groups is 1. The standard InChI is InChI=1S/C18H27NO4/c1-13(2)8-10-23-17-11-14(6-7-16(17)22-3)12-19-9-4-5-15(19)18(20)21/h6-7,11,13,15H,4-5,8-10,12H2,1-3H3,(H,20,21). The highest BCUT2D eigenvalue weighted by Crippen LogP contribution is 2.30. The third-order valence-corrected chi connectivity index (χ3v) is 4.22. The van der Waals surface area contributed by atoms with Crippen molar-refractivity contribution in [2.45, 2.75) is 45.7 Å². The van der Waals surface area contributed by atoms with Gasteiger partial charge in [-0.15, -0.1) is 0 Å². The molecule has 1 saturated heterocycles. The predicted molar refractivity (Wildman–Crippen MR) is 89.0 cm³/mol. The summed E-state index contributed by atoms with van der Waals surface area (Å²) < 4.78 is 11.2. The second-order valence-electron chi connectivity index (χ2n) is 6.48. The molecule has 1 atom stereocenters. The van der Waals surface area contributed by atoms with Crippen LogP contribution in [0.4, 0.5) is 0 Å². The molecule has 0 aromatic heterocycles. The molecule has 5 heteroatoms. The zero-order valence-electron chi connectivity index (χ0n) is 14.2. The normalized spacial score (nSPS) is 18.3. The Morgan fingerprint density at radius 2 is 2.17 bits per heavy atom. The molecule has 1 aliphatic rings. The van der Waals surface area contributed by atoms with Crippen molar-refractivity contribution in [2.75, 3.05) is 20.3 Å². The fraction of sp³-hybridized carbons (Fsp3) is 0.611. The maximum Gasteiger partial charge on any atom is 0.320 e. The summed E-state index contributed by atoms with van der Waals surface area (Å²) in [6.45, 7) is 6.43. The molecule has 1 aromatic carbocycles. The summed E-state index contributed by atoms with van der Waals surface area (Å²) in [5.74, 6) is 1.31.